The van der Waals surface area contributed by atoms with Crippen molar-refractivity contribution in [1.29, 1.82) is 0 Å². The molecule has 0 bridgehead atoms. The summed E-state index contributed by atoms with van der Waals surface area (Å²) in [6.07, 6.45) is 2.12. The Kier molecular flexibility index (Phi) is 3.36. The Morgan fingerprint density at radius 3 is 2.50 bits per heavy atom. The van der Waals surface area contributed by atoms with Crippen molar-refractivity contribution in [3.63, 3.8) is 0 Å². The molecular weight excluding hydrogens is 184 g/mol. The van der Waals surface area contributed by atoms with Gasteiger partial charge >= 0.3 is 0 Å². The summed E-state index contributed by atoms with van der Waals surface area (Å²) in [5.74, 6) is -1.70. The van der Waals surface area contributed by atoms with Gasteiger partial charge in [-0.05, 0) is 29.7 Å². The first kappa shape index (κ1) is 10.9. The lowest BCUT2D eigenvalue weighted by molar-refractivity contribution is 0.504. The van der Waals surface area contributed by atoms with E-state index in [4.69, 9.17) is 5.73 Å². The van der Waals surface area contributed by atoms with Gasteiger partial charge in [-0.3, -0.25) is 0 Å². The highest BCUT2D eigenvalue weighted by Gasteiger charge is 2.12. The third kappa shape index (κ3) is 1.99. The van der Waals surface area contributed by atoms with E-state index in [1.807, 2.05) is 6.92 Å². The summed E-state index contributed by atoms with van der Waals surface area (Å²) in [7, 11) is 0. The van der Waals surface area contributed by atoms with Crippen molar-refractivity contribution >= 4 is 0 Å². The molecule has 0 aliphatic carbocycles. The molecule has 0 fully saturated rings. The van der Waals surface area contributed by atoms with Crippen LogP contribution < -0.4 is 5.73 Å². The average Bonchev–Trinajstić information content (AvgIpc) is 2.20. The first-order valence-corrected chi connectivity index (χ1v) is 4.46. The van der Waals surface area contributed by atoms with Crippen molar-refractivity contribution in [2.24, 2.45) is 5.73 Å². The van der Waals surface area contributed by atoms with Crippen molar-refractivity contribution in [1.82, 2.24) is 0 Å². The minimum Gasteiger partial charge on any atom is -0.321 e. The summed E-state index contributed by atoms with van der Waals surface area (Å²) in [6, 6.07) is 1.88. The van der Waals surface area contributed by atoms with Crippen molar-refractivity contribution in [3.05, 3.63) is 47.5 Å². The van der Waals surface area contributed by atoms with Crippen LogP contribution in [0.4, 0.5) is 8.78 Å². The van der Waals surface area contributed by atoms with Gasteiger partial charge < -0.3 is 5.73 Å². The van der Waals surface area contributed by atoms with E-state index < -0.39 is 17.7 Å². The Bertz CT molecular complexity index is 347. The first-order valence-electron chi connectivity index (χ1n) is 4.46. The number of benzene rings is 1. The Morgan fingerprint density at radius 2 is 2.00 bits per heavy atom. The minimum atomic E-state index is -0.866. The number of hydrogen-bond acceptors (Lipinski definition) is 1. The smallest absolute Gasteiger partial charge is 0.159 e. The summed E-state index contributed by atoms with van der Waals surface area (Å²) in [5, 5.41) is 0. The second-order valence-electron chi connectivity index (χ2n) is 3.08. The second-order valence-corrected chi connectivity index (χ2v) is 3.08. The Labute approximate surface area is 82.2 Å². The zero-order chi connectivity index (χ0) is 10.7. The van der Waals surface area contributed by atoms with E-state index in [0.717, 1.165) is 11.6 Å². The van der Waals surface area contributed by atoms with Crippen molar-refractivity contribution in [2.75, 3.05) is 0 Å². The van der Waals surface area contributed by atoms with Crippen molar-refractivity contribution < 1.29 is 8.78 Å². The Morgan fingerprint density at radius 1 is 1.43 bits per heavy atom. The summed E-state index contributed by atoms with van der Waals surface area (Å²) in [6.45, 7) is 5.39. The van der Waals surface area contributed by atoms with Gasteiger partial charge in [0.05, 0.1) is 0 Å². The van der Waals surface area contributed by atoms with E-state index >= 15 is 0 Å². The molecule has 76 valence electrons. The van der Waals surface area contributed by atoms with E-state index in [1.54, 1.807) is 0 Å². The van der Waals surface area contributed by atoms with Crippen LogP contribution in [-0.2, 0) is 6.42 Å². The molecule has 0 heterocycles. The van der Waals surface area contributed by atoms with Crippen molar-refractivity contribution in [3.8, 4) is 0 Å². The van der Waals surface area contributed by atoms with Crippen LogP contribution in [0.5, 0.6) is 0 Å². The van der Waals surface area contributed by atoms with E-state index in [2.05, 4.69) is 6.58 Å². The van der Waals surface area contributed by atoms with Crippen LogP contribution >= 0.6 is 0 Å². The fourth-order valence-electron chi connectivity index (χ4n) is 1.35. The summed E-state index contributed by atoms with van der Waals surface area (Å²) in [5.41, 5.74) is 7.00. The van der Waals surface area contributed by atoms with Gasteiger partial charge in [0, 0.05) is 6.04 Å². The molecule has 1 atom stereocenters. The molecule has 0 saturated carbocycles. The Hall–Kier alpha value is -1.22. The number of aryl methyl sites for hydroxylation is 1. The second kappa shape index (κ2) is 4.33. The molecule has 1 nitrogen and oxygen atoms in total. The molecule has 0 radical (unpaired) electrons. The molecule has 1 aromatic carbocycles. The number of nitrogens with two attached hydrogens (primary N) is 1. The lowest BCUT2D eigenvalue weighted by Gasteiger charge is -2.12. The molecule has 14 heavy (non-hydrogen) atoms. The third-order valence-electron chi connectivity index (χ3n) is 2.18. The minimum absolute atomic E-state index is 0.444. The maximum atomic E-state index is 12.9. The van der Waals surface area contributed by atoms with E-state index in [-0.39, 0.29) is 0 Å². The highest BCUT2D eigenvalue weighted by molar-refractivity contribution is 5.33. The standard InChI is InChI=1S/C11H13F2N/c1-3-7-5-9(12)10(13)6-8(7)11(14)4-2/h4-6,11H,2-3,14H2,1H3/t11-/m1/s1. The molecule has 0 aromatic heterocycles. The number of hydrogen-bond donors (Lipinski definition) is 1. The number of halogens is 2. The molecule has 0 aliphatic rings. The van der Waals surface area contributed by atoms with E-state index in [1.165, 1.54) is 12.1 Å². The molecular formula is C11H13F2N. The molecule has 3 heteroatoms. The normalized spacial score (nSPS) is 12.6. The van der Waals surface area contributed by atoms with Crippen LogP contribution in [0, 0.1) is 11.6 Å². The maximum Gasteiger partial charge on any atom is 0.159 e. The van der Waals surface area contributed by atoms with E-state index in [9.17, 15) is 8.78 Å². The van der Waals surface area contributed by atoms with Crippen LogP contribution in [0.2, 0.25) is 0 Å². The van der Waals surface area contributed by atoms with E-state index in [0.29, 0.717) is 12.0 Å². The van der Waals surface area contributed by atoms with Gasteiger partial charge in [-0.15, -0.1) is 6.58 Å². The topological polar surface area (TPSA) is 26.0 Å². The summed E-state index contributed by atoms with van der Waals surface area (Å²) < 4.78 is 25.8. The fraction of sp³-hybridized carbons (Fsp3) is 0.273. The zero-order valence-corrected chi connectivity index (χ0v) is 8.06. The fourth-order valence-corrected chi connectivity index (χ4v) is 1.35. The Balaban J connectivity index is 3.26. The quantitative estimate of drug-likeness (QED) is 0.741. The summed E-state index contributed by atoms with van der Waals surface area (Å²) >= 11 is 0. The first-order chi connectivity index (χ1) is 6.60. The lowest BCUT2D eigenvalue weighted by atomic mass is 9.99. The highest BCUT2D eigenvalue weighted by atomic mass is 19.2. The predicted octanol–water partition coefficient (Wildman–Crippen LogP) is 2.71. The molecule has 1 rings (SSSR count). The third-order valence-corrected chi connectivity index (χ3v) is 2.18. The monoisotopic (exact) mass is 197 g/mol. The zero-order valence-electron chi connectivity index (χ0n) is 8.06. The molecule has 2 N–H and O–H groups in total. The van der Waals surface area contributed by atoms with Gasteiger partial charge in [-0.1, -0.05) is 13.0 Å². The summed E-state index contributed by atoms with van der Waals surface area (Å²) in [4.78, 5) is 0. The van der Waals surface area contributed by atoms with Gasteiger partial charge in [0.2, 0.25) is 0 Å². The van der Waals surface area contributed by atoms with Crippen LogP contribution in [-0.4, -0.2) is 0 Å². The molecule has 0 spiro atoms. The van der Waals surface area contributed by atoms with Crippen LogP contribution in [0.25, 0.3) is 0 Å². The molecule has 0 unspecified atom stereocenters. The highest BCUT2D eigenvalue weighted by Crippen LogP contribution is 2.21. The van der Waals surface area contributed by atoms with Crippen LogP contribution in [0.15, 0.2) is 24.8 Å². The molecule has 0 saturated heterocycles. The maximum absolute atomic E-state index is 12.9. The molecule has 0 amide bonds. The SMILES string of the molecule is C=C[C@@H](N)c1cc(F)c(F)cc1CC. The average molecular weight is 197 g/mol. The van der Waals surface area contributed by atoms with Gasteiger partial charge in [-0.25, -0.2) is 8.78 Å². The van der Waals surface area contributed by atoms with Gasteiger partial charge in [-0.2, -0.15) is 0 Å². The molecule has 0 aliphatic heterocycles. The largest absolute Gasteiger partial charge is 0.321 e. The van der Waals surface area contributed by atoms with Crippen LogP contribution in [0.3, 0.4) is 0 Å². The van der Waals surface area contributed by atoms with Gasteiger partial charge in [0.25, 0.3) is 0 Å². The lowest BCUT2D eigenvalue weighted by Crippen LogP contribution is -2.10. The van der Waals surface area contributed by atoms with Crippen molar-refractivity contribution in [2.45, 2.75) is 19.4 Å². The van der Waals surface area contributed by atoms with Gasteiger partial charge in [0.15, 0.2) is 11.6 Å². The number of rotatable bonds is 3. The van der Waals surface area contributed by atoms with Gasteiger partial charge in [0.1, 0.15) is 0 Å². The molecule has 1 aromatic rings. The van der Waals surface area contributed by atoms with Crippen LogP contribution in [0.1, 0.15) is 24.1 Å². The predicted molar refractivity (Wildman–Crippen MR) is 52.9 cm³/mol.